The summed E-state index contributed by atoms with van der Waals surface area (Å²) in [5.74, 6) is -1.05. The van der Waals surface area contributed by atoms with Crippen molar-refractivity contribution in [1.82, 2.24) is 10.2 Å². The van der Waals surface area contributed by atoms with Gasteiger partial charge in [0.2, 0.25) is 11.8 Å². The zero-order valence-corrected chi connectivity index (χ0v) is 27.9. The molecule has 3 rings (SSSR count). The van der Waals surface area contributed by atoms with Gasteiger partial charge in [-0.3, -0.25) is 24.0 Å². The zero-order chi connectivity index (χ0) is 33.5. The number of carbonyl (C=O) groups excluding carboxylic acids is 2. The lowest BCUT2D eigenvalue weighted by Gasteiger charge is -2.34. The zero-order valence-electron chi connectivity index (χ0n) is 25.6. The Morgan fingerprint density at radius 3 is 2.33 bits per heavy atom. The van der Waals surface area contributed by atoms with Crippen molar-refractivity contribution >= 4 is 56.4 Å². The average Bonchev–Trinajstić information content (AvgIpc) is 3.00. The van der Waals surface area contributed by atoms with Crippen LogP contribution < -0.4 is 14.4 Å². The molecule has 242 valence electrons. The van der Waals surface area contributed by atoms with Gasteiger partial charge in [-0.15, -0.1) is 0 Å². The molecule has 1 N–H and O–H groups in total. The SMILES string of the molecule is CC[C@@H](C)NC(=O)[C@H](CC)N(Cc1ccccc1Cl)C(=O)CN(c1cc(Cl)ccc1OC)S(=O)(=O)c1ccc(C)c([N+](=O)[O-])c1. The maximum Gasteiger partial charge on any atom is 0.273 e. The first-order valence-electron chi connectivity index (χ1n) is 14.2. The summed E-state index contributed by atoms with van der Waals surface area (Å²) in [6.07, 6.45) is 0.875. The maximum absolute atomic E-state index is 14.3. The van der Waals surface area contributed by atoms with Gasteiger partial charge in [-0.1, -0.05) is 61.3 Å². The molecule has 0 saturated carbocycles. The number of nitrogens with one attached hydrogen (secondary N) is 1. The molecule has 2 amide bonds. The van der Waals surface area contributed by atoms with E-state index in [0.29, 0.717) is 17.0 Å². The molecule has 0 heterocycles. The third-order valence-corrected chi connectivity index (χ3v) is 9.70. The molecular formula is C31H36Cl2N4O7S. The van der Waals surface area contributed by atoms with Crippen LogP contribution in [0.2, 0.25) is 10.0 Å². The summed E-state index contributed by atoms with van der Waals surface area (Å²) in [5, 5.41) is 15.1. The van der Waals surface area contributed by atoms with Gasteiger partial charge >= 0.3 is 0 Å². The summed E-state index contributed by atoms with van der Waals surface area (Å²) in [6, 6.07) is 13.4. The summed E-state index contributed by atoms with van der Waals surface area (Å²) in [5.41, 5.74) is 0.321. The number of halogens is 2. The Kier molecular flexibility index (Phi) is 12.2. The van der Waals surface area contributed by atoms with E-state index in [1.807, 2.05) is 13.8 Å². The number of ether oxygens (including phenoxy) is 1. The number of nitro benzene ring substituents is 1. The van der Waals surface area contributed by atoms with Crippen LogP contribution in [0.5, 0.6) is 5.75 Å². The third-order valence-electron chi connectivity index (χ3n) is 7.34. The third kappa shape index (κ3) is 8.44. The van der Waals surface area contributed by atoms with Crippen LogP contribution >= 0.6 is 23.2 Å². The van der Waals surface area contributed by atoms with E-state index < -0.39 is 49.9 Å². The number of anilines is 1. The number of methoxy groups -OCH3 is 1. The largest absolute Gasteiger partial charge is 0.495 e. The molecule has 3 aromatic rings. The van der Waals surface area contributed by atoms with Crippen molar-refractivity contribution in [3.05, 3.63) is 92.0 Å². The van der Waals surface area contributed by atoms with Crippen LogP contribution in [0.3, 0.4) is 0 Å². The second-order valence-electron chi connectivity index (χ2n) is 10.4. The van der Waals surface area contributed by atoms with Crippen LogP contribution in [0.1, 0.15) is 44.7 Å². The van der Waals surface area contributed by atoms with Crippen molar-refractivity contribution in [1.29, 1.82) is 0 Å². The number of aryl methyl sites for hydroxylation is 1. The number of benzene rings is 3. The smallest absolute Gasteiger partial charge is 0.273 e. The predicted octanol–water partition coefficient (Wildman–Crippen LogP) is 6.14. The molecule has 3 aromatic carbocycles. The first-order chi connectivity index (χ1) is 21.2. The van der Waals surface area contributed by atoms with E-state index in [-0.39, 0.29) is 41.0 Å². The van der Waals surface area contributed by atoms with Gasteiger partial charge in [-0.05, 0) is 62.6 Å². The van der Waals surface area contributed by atoms with E-state index in [2.05, 4.69) is 5.32 Å². The summed E-state index contributed by atoms with van der Waals surface area (Å²) >= 11 is 12.7. The van der Waals surface area contributed by atoms with Crippen LogP contribution in [0, 0.1) is 17.0 Å². The number of sulfonamides is 1. The molecule has 11 nitrogen and oxygen atoms in total. The highest BCUT2D eigenvalue weighted by Gasteiger charge is 2.36. The number of nitro groups is 1. The molecule has 0 radical (unpaired) electrons. The van der Waals surface area contributed by atoms with E-state index in [1.54, 1.807) is 31.2 Å². The van der Waals surface area contributed by atoms with Gasteiger partial charge in [0.15, 0.2) is 0 Å². The van der Waals surface area contributed by atoms with Crippen LogP contribution in [0.25, 0.3) is 0 Å². The van der Waals surface area contributed by atoms with E-state index in [4.69, 9.17) is 27.9 Å². The summed E-state index contributed by atoms with van der Waals surface area (Å²) in [4.78, 5) is 39.6. The monoisotopic (exact) mass is 678 g/mol. The quantitative estimate of drug-likeness (QED) is 0.160. The van der Waals surface area contributed by atoms with Crippen molar-refractivity contribution in [3.8, 4) is 5.75 Å². The lowest BCUT2D eigenvalue weighted by Crippen LogP contribution is -2.53. The number of hydrogen-bond acceptors (Lipinski definition) is 7. The second-order valence-corrected chi connectivity index (χ2v) is 13.1. The highest BCUT2D eigenvalue weighted by atomic mass is 35.5. The van der Waals surface area contributed by atoms with Crippen molar-refractivity contribution in [2.24, 2.45) is 0 Å². The van der Waals surface area contributed by atoms with Crippen LogP contribution in [0.15, 0.2) is 65.6 Å². The normalized spacial score (nSPS) is 12.6. The topological polar surface area (TPSA) is 139 Å². The average molecular weight is 680 g/mol. The van der Waals surface area contributed by atoms with Crippen molar-refractivity contribution in [2.45, 2.75) is 64.1 Å². The van der Waals surface area contributed by atoms with Crippen molar-refractivity contribution in [2.75, 3.05) is 18.0 Å². The summed E-state index contributed by atoms with van der Waals surface area (Å²) in [6.45, 7) is 6.09. The second kappa shape index (κ2) is 15.4. The van der Waals surface area contributed by atoms with Gasteiger partial charge in [-0.2, -0.15) is 0 Å². The molecule has 2 atom stereocenters. The van der Waals surface area contributed by atoms with E-state index in [0.717, 1.165) is 10.4 Å². The standard InChI is InChI=1S/C31H36Cl2N4O7S/c1-6-21(4)34-31(39)26(7-2)35(18-22-10-8-9-11-25(22)33)30(38)19-36(28-16-23(32)13-15-29(28)44-5)45(42,43)24-14-12-20(3)27(17-24)37(40)41/h8-17,21,26H,6-7,18-19H2,1-5H3,(H,34,39)/t21-,26+/m1/s1. The molecule has 0 fully saturated rings. The number of carbonyl (C=O) groups is 2. The first kappa shape index (κ1) is 35.6. The van der Waals surface area contributed by atoms with E-state index in [9.17, 15) is 28.1 Å². The fraction of sp³-hybridized carbons (Fsp3) is 0.355. The summed E-state index contributed by atoms with van der Waals surface area (Å²) < 4.78 is 34.7. The lowest BCUT2D eigenvalue weighted by molar-refractivity contribution is -0.385. The number of hydrogen-bond donors (Lipinski definition) is 1. The minimum Gasteiger partial charge on any atom is -0.495 e. The van der Waals surface area contributed by atoms with Crippen molar-refractivity contribution < 1.29 is 27.7 Å². The van der Waals surface area contributed by atoms with Gasteiger partial charge < -0.3 is 15.0 Å². The van der Waals surface area contributed by atoms with Crippen LogP contribution in [-0.4, -0.2) is 55.8 Å². The lowest BCUT2D eigenvalue weighted by atomic mass is 10.1. The highest BCUT2D eigenvalue weighted by molar-refractivity contribution is 7.92. The molecule has 0 spiro atoms. The van der Waals surface area contributed by atoms with Gasteiger partial charge in [0.05, 0.1) is 22.6 Å². The van der Waals surface area contributed by atoms with Gasteiger partial charge in [0, 0.05) is 34.3 Å². The molecule has 0 aromatic heterocycles. The Hall–Kier alpha value is -3.87. The number of amides is 2. The first-order valence-corrected chi connectivity index (χ1v) is 16.4. The molecular weight excluding hydrogens is 643 g/mol. The van der Waals surface area contributed by atoms with Crippen LogP contribution in [0.4, 0.5) is 11.4 Å². The fourth-order valence-corrected chi connectivity index (χ4v) is 6.41. The van der Waals surface area contributed by atoms with Gasteiger partial charge in [0.25, 0.3) is 15.7 Å². The fourth-order valence-electron chi connectivity index (χ4n) is 4.62. The Morgan fingerprint density at radius 1 is 1.04 bits per heavy atom. The maximum atomic E-state index is 14.3. The molecule has 0 unspecified atom stereocenters. The summed E-state index contributed by atoms with van der Waals surface area (Å²) in [7, 11) is -3.32. The minimum absolute atomic E-state index is 0.0728. The Balaban J connectivity index is 2.20. The molecule has 0 aliphatic carbocycles. The Bertz CT molecular complexity index is 1670. The number of nitrogens with zero attached hydrogens (tertiary/aromatic N) is 3. The number of rotatable bonds is 14. The molecule has 0 aliphatic rings. The molecule has 0 bridgehead atoms. The molecule has 0 aliphatic heterocycles. The Labute approximate surface area is 273 Å². The van der Waals surface area contributed by atoms with Gasteiger partial charge in [0.1, 0.15) is 18.3 Å². The molecule has 45 heavy (non-hydrogen) atoms. The molecule has 14 heteroatoms. The van der Waals surface area contributed by atoms with Gasteiger partial charge in [-0.25, -0.2) is 8.42 Å². The molecule has 0 saturated heterocycles. The minimum atomic E-state index is -4.65. The van der Waals surface area contributed by atoms with E-state index >= 15 is 0 Å². The highest BCUT2D eigenvalue weighted by Crippen LogP contribution is 2.36. The van der Waals surface area contributed by atoms with E-state index in [1.165, 1.54) is 49.3 Å². The van der Waals surface area contributed by atoms with Crippen LogP contribution in [-0.2, 0) is 26.2 Å². The Morgan fingerprint density at radius 2 is 1.73 bits per heavy atom. The van der Waals surface area contributed by atoms with Crippen molar-refractivity contribution in [3.63, 3.8) is 0 Å². The predicted molar refractivity (Wildman–Crippen MR) is 174 cm³/mol.